The van der Waals surface area contributed by atoms with E-state index in [-0.39, 0.29) is 152 Å². The summed E-state index contributed by atoms with van der Waals surface area (Å²) in [6, 6.07) is 0. The van der Waals surface area contributed by atoms with Crippen molar-refractivity contribution in [2.24, 2.45) is 152 Å². The van der Waals surface area contributed by atoms with Crippen molar-refractivity contribution in [3.63, 3.8) is 0 Å². The molecule has 0 saturated heterocycles. The van der Waals surface area contributed by atoms with Crippen LogP contribution in [0.15, 0.2) is 0 Å². The normalized spacial score (nSPS) is 17.4. The standard InChI is InChI=1S/C92H188P/c1-65(2,3)73(21,22)81(37,38)89(53,54)85(45,46)77(29,30)69(13,14)61-93(62-70(15,16)78(31,32)86(47,48)90(55,56)82(39,40)74(23,24)66(4,5)6,63-71(17,18)79(33,34)87(49,50)91(57,58)83(41,42)75(25,26)67(7,8)9)64-72(19,20)80(35,36)88(51,52)92(59,60)84(43,44)76(27,28)68(10,11)12/h61-64H2,1-60H3/q+1. The molecule has 0 atom stereocenters. The first kappa shape index (κ1) is 93.4. The van der Waals surface area contributed by atoms with Crippen LogP contribution in [-0.4, -0.2) is 24.6 Å². The number of rotatable bonds is 28. The van der Waals surface area contributed by atoms with Gasteiger partial charge in [0, 0.05) is 28.9 Å². The van der Waals surface area contributed by atoms with Gasteiger partial charge in [0.05, 0.1) is 24.6 Å². The van der Waals surface area contributed by atoms with Crippen LogP contribution in [0, 0.1) is 152 Å². The fourth-order valence-electron chi connectivity index (χ4n) is 21.0. The summed E-state index contributed by atoms with van der Waals surface area (Å²) in [6.45, 7) is 160. The summed E-state index contributed by atoms with van der Waals surface area (Å²) in [4.78, 5) is 0. The molecule has 0 aromatic heterocycles. The summed E-state index contributed by atoms with van der Waals surface area (Å²) in [6.07, 6.45) is 4.94. The SMILES string of the molecule is CC(C)(C)C(C)(C)C(C)(C)C(C)(C)C(C)(C)C(C)(C)C(C)(C)C[P+](CC(C)(C)C(C)(C)C(C)(C)C(C)(C)C(C)(C)C(C)(C)C(C)(C)C)(CC(C)(C)C(C)(C)C(C)(C)C(C)(C)C(C)(C)C(C)(C)C(C)(C)C)CC(C)(C)C(C)(C)C(C)(C)C(C)(C)C(C)(C)C(C)(C)C(C)(C)C. The molecule has 93 heavy (non-hydrogen) atoms. The first-order chi connectivity index (χ1) is 38.8. The van der Waals surface area contributed by atoms with E-state index in [2.05, 4.69) is 415 Å². The molecule has 0 aliphatic rings. The summed E-state index contributed by atoms with van der Waals surface area (Å²) in [7, 11) is -2.25. The molecule has 0 heterocycles. The van der Waals surface area contributed by atoms with Gasteiger partial charge in [0.1, 0.15) is 0 Å². The molecule has 0 nitrogen and oxygen atoms in total. The molecule has 0 rings (SSSR count). The molecule has 0 aromatic carbocycles. The van der Waals surface area contributed by atoms with Crippen LogP contribution < -0.4 is 0 Å². The van der Waals surface area contributed by atoms with E-state index in [1.165, 1.54) is 24.6 Å². The second kappa shape index (κ2) is 24.3. The molecule has 0 fully saturated rings. The van der Waals surface area contributed by atoms with Crippen molar-refractivity contribution in [2.45, 2.75) is 415 Å². The maximum absolute atomic E-state index is 2.81. The average Bonchev–Trinajstić information content (AvgIpc) is 0.713. The lowest BCUT2D eigenvalue weighted by atomic mass is 9.37. The zero-order valence-electron chi connectivity index (χ0n) is 77.3. The Bertz CT molecular complexity index is 2180. The summed E-state index contributed by atoms with van der Waals surface area (Å²) >= 11 is 0. The van der Waals surface area contributed by atoms with Crippen molar-refractivity contribution >= 4 is 7.26 Å². The minimum Gasteiger partial charge on any atom is -0.0596 e. The maximum atomic E-state index is 2.81. The summed E-state index contributed by atoms with van der Waals surface area (Å²) in [5.41, 5.74) is -0.748. The van der Waals surface area contributed by atoms with E-state index in [0.29, 0.717) is 0 Å². The Kier molecular flexibility index (Phi) is 24.4. The van der Waals surface area contributed by atoms with Gasteiger partial charge in [0.15, 0.2) is 0 Å². The lowest BCUT2D eigenvalue weighted by Crippen LogP contribution is -2.64. The third-order valence-electron chi connectivity index (χ3n) is 42.2. The van der Waals surface area contributed by atoms with Crippen LogP contribution in [0.4, 0.5) is 0 Å². The zero-order valence-corrected chi connectivity index (χ0v) is 78.2. The molecule has 560 valence electrons. The van der Waals surface area contributed by atoms with Gasteiger partial charge in [-0.05, 0) is 130 Å². The smallest absolute Gasteiger partial charge is 0.0596 e. The van der Waals surface area contributed by atoms with Crippen molar-refractivity contribution in [1.29, 1.82) is 0 Å². The van der Waals surface area contributed by atoms with Gasteiger partial charge in [-0.2, -0.15) is 0 Å². The van der Waals surface area contributed by atoms with Crippen LogP contribution >= 0.6 is 7.26 Å². The molecule has 1 heteroatoms. The summed E-state index contributed by atoms with van der Waals surface area (Å²) in [5, 5.41) is 0. The van der Waals surface area contributed by atoms with Crippen molar-refractivity contribution < 1.29 is 0 Å². The maximum Gasteiger partial charge on any atom is 0.0651 e. The third kappa shape index (κ3) is 13.1. The summed E-state index contributed by atoms with van der Waals surface area (Å²) < 4.78 is 0. The molecular weight excluding hydrogens is 1140 g/mol. The van der Waals surface area contributed by atoms with E-state index in [9.17, 15) is 0 Å². The Labute approximate surface area is 595 Å². The highest BCUT2D eigenvalue weighted by Gasteiger charge is 2.73. The molecule has 0 aromatic rings. The van der Waals surface area contributed by atoms with Crippen LogP contribution in [0.5, 0.6) is 0 Å². The largest absolute Gasteiger partial charge is 0.0651 e. The van der Waals surface area contributed by atoms with Gasteiger partial charge in [-0.15, -0.1) is 0 Å². The molecule has 0 aliphatic carbocycles. The lowest BCUT2D eigenvalue weighted by Gasteiger charge is -2.70. The zero-order chi connectivity index (χ0) is 77.3. The van der Waals surface area contributed by atoms with Crippen LogP contribution in [-0.2, 0) is 0 Å². The average molecular weight is 1330 g/mol. The predicted octanol–water partition coefficient (Wildman–Crippen LogP) is 31.8. The second-order valence-electron chi connectivity index (χ2n) is 51.0. The highest BCUT2D eigenvalue weighted by molar-refractivity contribution is 7.76. The van der Waals surface area contributed by atoms with Crippen molar-refractivity contribution in [3.8, 4) is 0 Å². The Morgan fingerprint density at radius 2 is 0.183 bits per heavy atom. The van der Waals surface area contributed by atoms with Crippen LogP contribution in [0.25, 0.3) is 0 Å². The third-order valence-corrected chi connectivity index (χ3v) is 48.0. The van der Waals surface area contributed by atoms with Gasteiger partial charge in [0.25, 0.3) is 0 Å². The molecule has 0 saturated carbocycles. The van der Waals surface area contributed by atoms with Gasteiger partial charge >= 0.3 is 0 Å². The quantitative estimate of drug-likeness (QED) is 0.0685. The van der Waals surface area contributed by atoms with Gasteiger partial charge in [0.2, 0.25) is 0 Å². The Morgan fingerprint density at radius 1 is 0.108 bits per heavy atom. The van der Waals surface area contributed by atoms with E-state index >= 15 is 0 Å². The molecular formula is C92H188P+. The fraction of sp³-hybridized carbons (Fsp3) is 1.00. The van der Waals surface area contributed by atoms with Gasteiger partial charge in [-0.25, -0.2) is 0 Å². The Balaban J connectivity index is 10.7. The summed E-state index contributed by atoms with van der Waals surface area (Å²) in [5.74, 6) is 0. The molecule has 0 spiro atoms. The molecule has 0 radical (unpaired) electrons. The minimum atomic E-state index is -2.25. The molecule has 0 N–H and O–H groups in total. The fourth-order valence-corrected chi connectivity index (χ4v) is 29.9. The second-order valence-corrected chi connectivity index (χ2v) is 55.0. The Morgan fingerprint density at radius 3 is 0.269 bits per heavy atom. The number of hydrogen-bond donors (Lipinski definition) is 0. The van der Waals surface area contributed by atoms with Gasteiger partial charge in [-0.3, -0.25) is 0 Å². The lowest BCUT2D eigenvalue weighted by molar-refractivity contribution is -0.192. The molecule has 0 bridgehead atoms. The topological polar surface area (TPSA) is 0 Å². The van der Waals surface area contributed by atoms with E-state index in [1.807, 2.05) is 0 Å². The Hall–Kier alpha value is 0.430. The monoisotopic (exact) mass is 1320 g/mol. The molecule has 0 aliphatic heterocycles. The minimum absolute atomic E-state index is 0.0134. The first-order valence-electron chi connectivity index (χ1n) is 38.7. The van der Waals surface area contributed by atoms with Crippen molar-refractivity contribution in [3.05, 3.63) is 0 Å². The van der Waals surface area contributed by atoms with Crippen molar-refractivity contribution in [2.75, 3.05) is 24.6 Å². The van der Waals surface area contributed by atoms with E-state index in [1.54, 1.807) is 0 Å². The highest BCUT2D eigenvalue weighted by Crippen LogP contribution is 2.82. The van der Waals surface area contributed by atoms with Gasteiger partial charge < -0.3 is 0 Å². The van der Waals surface area contributed by atoms with Crippen LogP contribution in [0.3, 0.4) is 0 Å². The van der Waals surface area contributed by atoms with Crippen LogP contribution in [0.2, 0.25) is 0 Å². The molecule has 0 amide bonds. The predicted molar refractivity (Wildman–Crippen MR) is 435 cm³/mol. The van der Waals surface area contributed by atoms with E-state index in [0.717, 1.165) is 0 Å². The van der Waals surface area contributed by atoms with E-state index < -0.39 is 7.26 Å². The highest BCUT2D eigenvalue weighted by atomic mass is 31.2. The van der Waals surface area contributed by atoms with Crippen LogP contribution in [0.1, 0.15) is 415 Å². The van der Waals surface area contributed by atoms with E-state index in [4.69, 9.17) is 0 Å². The van der Waals surface area contributed by atoms with Crippen molar-refractivity contribution in [1.82, 2.24) is 0 Å². The van der Waals surface area contributed by atoms with Gasteiger partial charge in [-0.1, -0.05) is 415 Å². The number of hydrogen-bond acceptors (Lipinski definition) is 0. The molecule has 0 unspecified atom stereocenters. The first-order valence-corrected chi connectivity index (χ1v) is 41.2.